The molecular weight excluding hydrogens is 229 g/mol. The maximum Gasteiger partial charge on any atom is 0.207 e. The first-order valence-corrected chi connectivity index (χ1v) is 4.94. The summed E-state index contributed by atoms with van der Waals surface area (Å²) in [5, 5.41) is 8.82. The predicted octanol–water partition coefficient (Wildman–Crippen LogP) is 2.91. The first-order chi connectivity index (χ1) is 6.25. The Balaban J connectivity index is 2.41. The zero-order valence-electron chi connectivity index (χ0n) is 6.24. The Morgan fingerprint density at radius 3 is 2.54 bits per heavy atom. The van der Waals surface area contributed by atoms with Crippen LogP contribution in [0.1, 0.15) is 0 Å². The molecule has 0 aliphatic carbocycles. The zero-order valence-corrected chi connectivity index (χ0v) is 8.57. The lowest BCUT2D eigenvalue weighted by Crippen LogP contribution is -1.81. The number of hydrogen-bond donors (Lipinski definition) is 0. The van der Waals surface area contributed by atoms with Crippen LogP contribution in [0, 0.1) is 0 Å². The van der Waals surface area contributed by atoms with Gasteiger partial charge in [-0.3, -0.25) is 4.98 Å². The van der Waals surface area contributed by atoms with Crippen molar-refractivity contribution in [2.24, 2.45) is 0 Å². The van der Waals surface area contributed by atoms with Crippen LogP contribution in [-0.4, -0.2) is 15.2 Å². The van der Waals surface area contributed by atoms with E-state index in [2.05, 4.69) is 15.2 Å². The van der Waals surface area contributed by atoms with Crippen molar-refractivity contribution in [1.29, 1.82) is 0 Å². The molecule has 0 unspecified atom stereocenters. The minimum absolute atomic E-state index is 0.409. The average molecular weight is 232 g/mol. The molecule has 0 aliphatic rings. The van der Waals surface area contributed by atoms with Gasteiger partial charge < -0.3 is 0 Å². The number of rotatable bonds is 1. The van der Waals surface area contributed by atoms with Gasteiger partial charge in [0.1, 0.15) is 5.69 Å². The summed E-state index contributed by atoms with van der Waals surface area (Å²) in [7, 11) is 0. The van der Waals surface area contributed by atoms with Crippen LogP contribution in [0.2, 0.25) is 9.49 Å². The van der Waals surface area contributed by atoms with Crippen LogP contribution in [0.25, 0.3) is 10.7 Å². The summed E-state index contributed by atoms with van der Waals surface area (Å²) in [6.45, 7) is 0. The molecule has 0 bridgehead atoms. The van der Waals surface area contributed by atoms with Gasteiger partial charge in [-0.1, -0.05) is 22.9 Å². The number of nitrogens with zero attached hydrogens (tertiary/aromatic N) is 3. The Hall–Kier alpha value is -0.710. The summed E-state index contributed by atoms with van der Waals surface area (Å²) in [4.78, 5) is 4.08. The monoisotopic (exact) mass is 231 g/mol. The lowest BCUT2D eigenvalue weighted by Gasteiger charge is -1.92. The third-order valence-corrected chi connectivity index (χ3v) is 2.61. The van der Waals surface area contributed by atoms with Gasteiger partial charge >= 0.3 is 0 Å². The van der Waals surface area contributed by atoms with Gasteiger partial charge in [0, 0.05) is 6.20 Å². The topological polar surface area (TPSA) is 38.7 Å². The van der Waals surface area contributed by atoms with Gasteiger partial charge in [-0.15, -0.1) is 10.2 Å². The van der Waals surface area contributed by atoms with Crippen molar-refractivity contribution in [3.8, 4) is 10.7 Å². The Labute approximate surface area is 88.4 Å². The van der Waals surface area contributed by atoms with Crippen molar-refractivity contribution in [2.45, 2.75) is 0 Å². The second-order valence-corrected chi connectivity index (χ2v) is 4.22. The fourth-order valence-corrected chi connectivity index (χ4v) is 1.73. The van der Waals surface area contributed by atoms with E-state index < -0.39 is 0 Å². The molecular formula is C7H3Cl2N3S. The Morgan fingerprint density at radius 2 is 2.00 bits per heavy atom. The Morgan fingerprint density at radius 1 is 1.15 bits per heavy atom. The van der Waals surface area contributed by atoms with Crippen LogP contribution < -0.4 is 0 Å². The van der Waals surface area contributed by atoms with E-state index in [4.69, 9.17) is 23.2 Å². The molecule has 0 amide bonds. The van der Waals surface area contributed by atoms with Crippen LogP contribution in [0.15, 0.2) is 18.3 Å². The lowest BCUT2D eigenvalue weighted by molar-refractivity contribution is 1.09. The summed E-state index contributed by atoms with van der Waals surface area (Å²) in [6, 6.07) is 3.53. The fraction of sp³-hybridized carbons (Fsp3) is 0. The molecule has 2 rings (SSSR count). The van der Waals surface area contributed by atoms with Crippen molar-refractivity contribution in [3.63, 3.8) is 0 Å². The third-order valence-electron chi connectivity index (χ3n) is 1.35. The molecule has 0 saturated carbocycles. The highest BCUT2D eigenvalue weighted by Gasteiger charge is 2.05. The predicted molar refractivity (Wildman–Crippen MR) is 53.2 cm³/mol. The molecule has 6 heteroatoms. The van der Waals surface area contributed by atoms with Crippen molar-refractivity contribution in [3.05, 3.63) is 27.8 Å². The molecule has 0 fully saturated rings. The van der Waals surface area contributed by atoms with Crippen molar-refractivity contribution in [2.75, 3.05) is 0 Å². The maximum absolute atomic E-state index is 5.68. The molecule has 0 radical (unpaired) electrons. The van der Waals surface area contributed by atoms with E-state index >= 15 is 0 Å². The summed E-state index contributed by atoms with van der Waals surface area (Å²) < 4.78 is 0.409. The molecule has 0 atom stereocenters. The average Bonchev–Trinajstić information content (AvgIpc) is 2.53. The highest BCUT2D eigenvalue weighted by atomic mass is 35.5. The van der Waals surface area contributed by atoms with Gasteiger partial charge in [-0.2, -0.15) is 0 Å². The molecule has 0 spiro atoms. The highest BCUT2D eigenvalue weighted by Crippen LogP contribution is 2.24. The second kappa shape index (κ2) is 3.57. The number of hydrogen-bond acceptors (Lipinski definition) is 4. The second-order valence-electron chi connectivity index (χ2n) is 2.22. The van der Waals surface area contributed by atoms with Crippen LogP contribution >= 0.6 is 34.5 Å². The van der Waals surface area contributed by atoms with Gasteiger partial charge in [-0.05, 0) is 23.7 Å². The van der Waals surface area contributed by atoms with Gasteiger partial charge in [0.05, 0.1) is 5.02 Å². The zero-order chi connectivity index (χ0) is 9.26. The van der Waals surface area contributed by atoms with E-state index in [-0.39, 0.29) is 0 Å². The van der Waals surface area contributed by atoms with Gasteiger partial charge in [0.25, 0.3) is 0 Å². The van der Waals surface area contributed by atoms with Crippen LogP contribution in [-0.2, 0) is 0 Å². The van der Waals surface area contributed by atoms with E-state index in [9.17, 15) is 0 Å². The third kappa shape index (κ3) is 1.96. The highest BCUT2D eigenvalue weighted by molar-refractivity contribution is 7.18. The minimum Gasteiger partial charge on any atom is -0.252 e. The molecule has 2 aromatic rings. The van der Waals surface area contributed by atoms with Gasteiger partial charge in [0.2, 0.25) is 4.47 Å². The molecule has 0 saturated heterocycles. The molecule has 0 aromatic carbocycles. The van der Waals surface area contributed by atoms with E-state index in [1.54, 1.807) is 18.3 Å². The van der Waals surface area contributed by atoms with Crippen molar-refractivity contribution < 1.29 is 0 Å². The summed E-state index contributed by atoms with van der Waals surface area (Å²) in [5.41, 5.74) is 0.730. The molecule has 2 aromatic heterocycles. The molecule has 2 heterocycles. The lowest BCUT2D eigenvalue weighted by atomic mass is 10.4. The van der Waals surface area contributed by atoms with Crippen LogP contribution in [0.5, 0.6) is 0 Å². The quantitative estimate of drug-likeness (QED) is 0.758. The summed E-state index contributed by atoms with van der Waals surface area (Å²) in [6.07, 6.45) is 1.56. The molecule has 13 heavy (non-hydrogen) atoms. The molecule has 66 valence electrons. The maximum atomic E-state index is 5.68. The number of aromatic nitrogens is 3. The molecule has 0 N–H and O–H groups in total. The normalized spacial score (nSPS) is 10.3. The van der Waals surface area contributed by atoms with E-state index in [0.29, 0.717) is 14.5 Å². The SMILES string of the molecule is Clc1ccc(-c2nnc(Cl)s2)nc1. The number of halogens is 2. The van der Waals surface area contributed by atoms with Crippen LogP contribution in [0.3, 0.4) is 0 Å². The standard InChI is InChI=1S/C7H3Cl2N3S/c8-4-1-2-5(10-3-4)6-11-12-7(9)13-6/h1-3H. The van der Waals surface area contributed by atoms with E-state index in [1.807, 2.05) is 0 Å². The fourth-order valence-electron chi connectivity index (χ4n) is 0.811. The van der Waals surface area contributed by atoms with Crippen LogP contribution in [0.4, 0.5) is 0 Å². The molecule has 3 nitrogen and oxygen atoms in total. The minimum atomic E-state index is 0.409. The Kier molecular flexibility index (Phi) is 2.44. The van der Waals surface area contributed by atoms with Crippen molar-refractivity contribution in [1.82, 2.24) is 15.2 Å². The van der Waals surface area contributed by atoms with Gasteiger partial charge in [-0.25, -0.2) is 0 Å². The van der Waals surface area contributed by atoms with Gasteiger partial charge in [0.15, 0.2) is 5.01 Å². The number of pyridine rings is 1. The Bertz CT molecular complexity index is 412. The summed E-state index contributed by atoms with van der Waals surface area (Å²) in [5.74, 6) is 0. The van der Waals surface area contributed by atoms with Crippen molar-refractivity contribution >= 4 is 34.5 Å². The first kappa shape index (κ1) is 8.87. The summed E-state index contributed by atoms with van der Waals surface area (Å²) >= 11 is 12.6. The smallest absolute Gasteiger partial charge is 0.207 e. The molecule has 0 aliphatic heterocycles. The van der Waals surface area contributed by atoms with E-state index in [0.717, 1.165) is 5.69 Å². The largest absolute Gasteiger partial charge is 0.252 e. The first-order valence-electron chi connectivity index (χ1n) is 3.36. The van der Waals surface area contributed by atoms with E-state index in [1.165, 1.54) is 11.3 Å².